The number of rotatable bonds is 6. The molecule has 22 heavy (non-hydrogen) atoms. The van der Waals surface area contributed by atoms with Gasteiger partial charge in [-0.15, -0.1) is 0 Å². The Morgan fingerprint density at radius 3 is 2.41 bits per heavy atom. The third-order valence-electron chi connectivity index (χ3n) is 3.18. The number of nitrogens with zero attached hydrogens (tertiary/aromatic N) is 2. The number of benzene rings is 2. The SMILES string of the molecule is CN(CC(=O)OCc1ccccc1)Cc1ccc(C#N)cc1. The molecule has 0 aliphatic carbocycles. The summed E-state index contributed by atoms with van der Waals surface area (Å²) in [6.07, 6.45) is 0. The summed E-state index contributed by atoms with van der Waals surface area (Å²) < 4.78 is 5.25. The van der Waals surface area contributed by atoms with Crippen LogP contribution >= 0.6 is 0 Å². The average Bonchev–Trinajstić information content (AvgIpc) is 2.54. The van der Waals surface area contributed by atoms with Crippen molar-refractivity contribution in [2.75, 3.05) is 13.6 Å². The van der Waals surface area contributed by atoms with E-state index in [-0.39, 0.29) is 12.5 Å². The Kier molecular flexibility index (Phi) is 5.70. The second-order valence-corrected chi connectivity index (χ2v) is 5.13. The van der Waals surface area contributed by atoms with Crippen LogP contribution in [0.2, 0.25) is 0 Å². The zero-order chi connectivity index (χ0) is 15.8. The first-order valence-corrected chi connectivity index (χ1v) is 7.04. The zero-order valence-corrected chi connectivity index (χ0v) is 12.5. The lowest BCUT2D eigenvalue weighted by molar-refractivity contribution is -0.146. The maximum Gasteiger partial charge on any atom is 0.320 e. The maximum atomic E-state index is 11.8. The number of hydrogen-bond donors (Lipinski definition) is 0. The van der Waals surface area contributed by atoms with Crippen molar-refractivity contribution in [1.29, 1.82) is 5.26 Å². The van der Waals surface area contributed by atoms with Crippen LogP contribution in [0.3, 0.4) is 0 Å². The zero-order valence-electron chi connectivity index (χ0n) is 12.5. The van der Waals surface area contributed by atoms with Gasteiger partial charge < -0.3 is 4.74 Å². The molecule has 2 aromatic carbocycles. The van der Waals surface area contributed by atoms with Gasteiger partial charge in [0.1, 0.15) is 6.61 Å². The predicted octanol–water partition coefficient (Wildman–Crippen LogP) is 2.73. The molecule has 0 bridgehead atoms. The molecule has 0 unspecified atom stereocenters. The van der Waals surface area contributed by atoms with Gasteiger partial charge in [-0.1, -0.05) is 42.5 Å². The van der Waals surface area contributed by atoms with Crippen molar-refractivity contribution in [1.82, 2.24) is 4.90 Å². The van der Waals surface area contributed by atoms with Crippen molar-refractivity contribution >= 4 is 5.97 Å². The first-order chi connectivity index (χ1) is 10.7. The Hall–Kier alpha value is -2.64. The quantitative estimate of drug-likeness (QED) is 0.769. The van der Waals surface area contributed by atoms with Crippen LogP contribution in [0.1, 0.15) is 16.7 Å². The summed E-state index contributed by atoms with van der Waals surface area (Å²) >= 11 is 0. The van der Waals surface area contributed by atoms with Gasteiger partial charge in [0.2, 0.25) is 0 Å². The fraction of sp³-hybridized carbons (Fsp3) is 0.222. The molecular formula is C18H18N2O2. The number of carbonyl (C=O) groups is 1. The van der Waals surface area contributed by atoms with Gasteiger partial charge in [-0.3, -0.25) is 9.69 Å². The monoisotopic (exact) mass is 294 g/mol. The van der Waals surface area contributed by atoms with Gasteiger partial charge in [0, 0.05) is 6.54 Å². The molecule has 0 heterocycles. The number of esters is 1. The van der Waals surface area contributed by atoms with Crippen LogP contribution < -0.4 is 0 Å². The third kappa shape index (κ3) is 5.04. The molecule has 0 aliphatic heterocycles. The van der Waals surface area contributed by atoms with Gasteiger partial charge in [-0.25, -0.2) is 0 Å². The van der Waals surface area contributed by atoms with Gasteiger partial charge in [0.05, 0.1) is 18.2 Å². The summed E-state index contributed by atoms with van der Waals surface area (Å²) in [5.41, 5.74) is 2.66. The van der Waals surface area contributed by atoms with Crippen LogP contribution in [0.15, 0.2) is 54.6 Å². The first-order valence-electron chi connectivity index (χ1n) is 7.04. The molecule has 0 saturated heterocycles. The van der Waals surface area contributed by atoms with E-state index >= 15 is 0 Å². The summed E-state index contributed by atoms with van der Waals surface area (Å²) in [5, 5.41) is 8.76. The van der Waals surface area contributed by atoms with Crippen molar-refractivity contribution in [2.24, 2.45) is 0 Å². The van der Waals surface area contributed by atoms with E-state index in [0.717, 1.165) is 11.1 Å². The van der Waals surface area contributed by atoms with Crippen LogP contribution in [-0.4, -0.2) is 24.5 Å². The minimum atomic E-state index is -0.250. The van der Waals surface area contributed by atoms with Crippen molar-refractivity contribution in [3.8, 4) is 6.07 Å². The number of carbonyl (C=O) groups excluding carboxylic acids is 1. The average molecular weight is 294 g/mol. The molecule has 4 nitrogen and oxygen atoms in total. The molecule has 0 saturated carbocycles. The van der Waals surface area contributed by atoms with E-state index in [4.69, 9.17) is 10.00 Å². The fourth-order valence-corrected chi connectivity index (χ4v) is 2.06. The van der Waals surface area contributed by atoms with Gasteiger partial charge >= 0.3 is 5.97 Å². The summed E-state index contributed by atoms with van der Waals surface area (Å²) in [6, 6.07) is 19.0. The second kappa shape index (κ2) is 7.96. The normalized spacial score (nSPS) is 10.2. The van der Waals surface area contributed by atoms with Crippen LogP contribution in [-0.2, 0) is 22.7 Å². The Morgan fingerprint density at radius 2 is 1.77 bits per heavy atom. The van der Waals surface area contributed by atoms with Crippen molar-refractivity contribution < 1.29 is 9.53 Å². The topological polar surface area (TPSA) is 53.3 Å². The van der Waals surface area contributed by atoms with E-state index in [1.54, 1.807) is 12.1 Å². The van der Waals surface area contributed by atoms with Gasteiger partial charge in [0.25, 0.3) is 0 Å². The van der Waals surface area contributed by atoms with Crippen molar-refractivity contribution in [3.05, 3.63) is 71.3 Å². The smallest absolute Gasteiger partial charge is 0.320 e. The van der Waals surface area contributed by atoms with Gasteiger partial charge in [0.15, 0.2) is 0 Å². The Morgan fingerprint density at radius 1 is 1.09 bits per heavy atom. The highest BCUT2D eigenvalue weighted by molar-refractivity contribution is 5.71. The molecule has 2 rings (SSSR count). The lowest BCUT2D eigenvalue weighted by Gasteiger charge is -2.16. The summed E-state index contributed by atoms with van der Waals surface area (Å²) in [7, 11) is 1.86. The van der Waals surface area contributed by atoms with Gasteiger partial charge in [-0.2, -0.15) is 5.26 Å². The molecule has 0 spiro atoms. The maximum absolute atomic E-state index is 11.8. The molecule has 0 N–H and O–H groups in total. The van der Waals surface area contributed by atoms with E-state index in [2.05, 4.69) is 6.07 Å². The molecule has 4 heteroatoms. The molecule has 0 fully saturated rings. The Balaban J connectivity index is 1.77. The molecule has 0 amide bonds. The summed E-state index contributed by atoms with van der Waals surface area (Å²) in [5.74, 6) is -0.250. The summed E-state index contributed by atoms with van der Waals surface area (Å²) in [4.78, 5) is 13.7. The van der Waals surface area contributed by atoms with E-state index in [0.29, 0.717) is 18.7 Å². The lowest BCUT2D eigenvalue weighted by atomic mass is 10.1. The first kappa shape index (κ1) is 15.7. The van der Waals surface area contributed by atoms with E-state index < -0.39 is 0 Å². The third-order valence-corrected chi connectivity index (χ3v) is 3.18. The van der Waals surface area contributed by atoms with Crippen LogP contribution in [0.25, 0.3) is 0 Å². The molecule has 0 aliphatic rings. The molecule has 0 atom stereocenters. The van der Waals surface area contributed by atoms with Crippen molar-refractivity contribution in [2.45, 2.75) is 13.2 Å². The largest absolute Gasteiger partial charge is 0.460 e. The highest BCUT2D eigenvalue weighted by Crippen LogP contribution is 2.06. The Labute approximate surface area is 130 Å². The lowest BCUT2D eigenvalue weighted by Crippen LogP contribution is -2.26. The van der Waals surface area contributed by atoms with E-state index in [1.165, 1.54) is 0 Å². The van der Waals surface area contributed by atoms with Crippen LogP contribution in [0.5, 0.6) is 0 Å². The number of hydrogen-bond acceptors (Lipinski definition) is 4. The highest BCUT2D eigenvalue weighted by Gasteiger charge is 2.08. The standard InChI is InChI=1S/C18H18N2O2/c1-20(12-16-9-7-15(11-19)8-10-16)13-18(21)22-14-17-5-3-2-4-6-17/h2-10H,12-14H2,1H3. The molecule has 2 aromatic rings. The predicted molar refractivity (Wildman–Crippen MR) is 83.7 cm³/mol. The van der Waals surface area contributed by atoms with Gasteiger partial charge in [-0.05, 0) is 30.3 Å². The number of ether oxygens (including phenoxy) is 1. The molecule has 0 aromatic heterocycles. The molecule has 112 valence electrons. The minimum absolute atomic E-state index is 0.229. The van der Waals surface area contributed by atoms with Crippen LogP contribution in [0.4, 0.5) is 0 Å². The fourth-order valence-electron chi connectivity index (χ4n) is 2.06. The summed E-state index contributed by atoms with van der Waals surface area (Å²) in [6.45, 7) is 1.16. The molecule has 0 radical (unpaired) electrons. The minimum Gasteiger partial charge on any atom is -0.460 e. The number of likely N-dealkylation sites (N-methyl/N-ethyl adjacent to an activating group) is 1. The van der Waals surface area contributed by atoms with Crippen molar-refractivity contribution in [3.63, 3.8) is 0 Å². The number of nitriles is 1. The van der Waals surface area contributed by atoms with E-state index in [1.807, 2.05) is 54.4 Å². The Bertz CT molecular complexity index is 645. The second-order valence-electron chi connectivity index (χ2n) is 5.13. The molecular weight excluding hydrogens is 276 g/mol. The van der Waals surface area contributed by atoms with E-state index in [9.17, 15) is 4.79 Å². The van der Waals surface area contributed by atoms with Crippen LogP contribution in [0, 0.1) is 11.3 Å². The highest BCUT2D eigenvalue weighted by atomic mass is 16.5.